The van der Waals surface area contributed by atoms with E-state index in [2.05, 4.69) is 30.6 Å². The highest BCUT2D eigenvalue weighted by atomic mass is 16.5. The maximum Gasteiger partial charge on any atom is 0.343 e. The van der Waals surface area contributed by atoms with Gasteiger partial charge in [0.2, 0.25) is 0 Å². The molecule has 0 radical (unpaired) electrons. The lowest BCUT2D eigenvalue weighted by atomic mass is 9.91. The number of carbonyl (C=O) groups excluding carboxylic acids is 1. The number of nitrogens with two attached hydrogens (primary N) is 1. The monoisotopic (exact) mass is 305 g/mol. The molecule has 4 N–H and O–H groups in total. The van der Waals surface area contributed by atoms with Crippen LogP contribution in [0.4, 0.5) is 17.3 Å². The summed E-state index contributed by atoms with van der Waals surface area (Å²) in [4.78, 5) is 11.8. The molecule has 0 fully saturated rings. The van der Waals surface area contributed by atoms with Crippen molar-refractivity contribution >= 4 is 23.3 Å². The third-order valence-electron chi connectivity index (χ3n) is 2.88. The summed E-state index contributed by atoms with van der Waals surface area (Å²) < 4.78 is 4.92. The van der Waals surface area contributed by atoms with Gasteiger partial charge in [-0.15, -0.1) is 10.2 Å². The molecular formula is C13H19N7O2. The van der Waals surface area contributed by atoms with E-state index in [0.29, 0.717) is 5.69 Å². The van der Waals surface area contributed by atoms with Crippen molar-refractivity contribution in [3.05, 3.63) is 17.5 Å². The number of hydrogen-bond donors (Lipinski definition) is 3. The van der Waals surface area contributed by atoms with Crippen LogP contribution in [0.3, 0.4) is 0 Å². The van der Waals surface area contributed by atoms with E-state index in [1.807, 2.05) is 20.8 Å². The lowest BCUT2D eigenvalue weighted by Gasteiger charge is -2.16. The summed E-state index contributed by atoms with van der Waals surface area (Å²) in [6.45, 7) is 7.99. The molecule has 9 heteroatoms. The van der Waals surface area contributed by atoms with Crippen molar-refractivity contribution in [1.82, 2.24) is 20.4 Å². The number of rotatable bonds is 4. The second kappa shape index (κ2) is 5.96. The highest BCUT2D eigenvalue weighted by Gasteiger charge is 2.23. The number of ether oxygens (including phenoxy) is 1. The summed E-state index contributed by atoms with van der Waals surface area (Å²) in [6, 6.07) is 0. The first kappa shape index (κ1) is 15.7. The predicted octanol–water partition coefficient (Wildman–Crippen LogP) is 2.60. The Balaban J connectivity index is 2.33. The highest BCUT2D eigenvalue weighted by Crippen LogP contribution is 2.34. The van der Waals surface area contributed by atoms with Gasteiger partial charge in [-0.05, 0) is 6.92 Å². The van der Waals surface area contributed by atoms with Gasteiger partial charge < -0.3 is 10.5 Å². The number of azo groups is 1. The van der Waals surface area contributed by atoms with Crippen molar-refractivity contribution in [2.75, 3.05) is 12.3 Å². The number of hydrogen-bond acceptors (Lipinski definition) is 7. The van der Waals surface area contributed by atoms with Crippen molar-refractivity contribution in [1.29, 1.82) is 0 Å². The van der Waals surface area contributed by atoms with Gasteiger partial charge in [-0.2, -0.15) is 10.2 Å². The molecule has 0 unspecified atom stereocenters. The first-order chi connectivity index (χ1) is 10.3. The minimum absolute atomic E-state index is 0.207. The largest absolute Gasteiger partial charge is 0.462 e. The van der Waals surface area contributed by atoms with Gasteiger partial charge in [0.1, 0.15) is 5.56 Å². The van der Waals surface area contributed by atoms with Gasteiger partial charge in [-0.1, -0.05) is 20.8 Å². The molecule has 22 heavy (non-hydrogen) atoms. The molecule has 2 heterocycles. The molecule has 2 aromatic heterocycles. The number of aromatic nitrogens is 4. The van der Waals surface area contributed by atoms with Crippen molar-refractivity contribution in [2.45, 2.75) is 33.1 Å². The zero-order valence-corrected chi connectivity index (χ0v) is 13.0. The Morgan fingerprint density at radius 3 is 2.73 bits per heavy atom. The van der Waals surface area contributed by atoms with Crippen molar-refractivity contribution in [2.24, 2.45) is 10.2 Å². The number of nitrogens with one attached hydrogen (secondary N) is 2. The Labute approximate surface area is 127 Å². The van der Waals surface area contributed by atoms with E-state index in [1.54, 1.807) is 6.92 Å². The minimum Gasteiger partial charge on any atom is -0.462 e. The molecule has 118 valence electrons. The standard InChI is InChI=1S/C13H19N7O2/c1-5-22-12(21)7-6-15-19-11(7)20-16-8-9(13(2,3)4)17-18-10(8)14/h6H,5H2,1-4H3,(H,15,19)(H3,14,17,18). The normalized spacial score (nSPS) is 12.0. The third-order valence-corrected chi connectivity index (χ3v) is 2.88. The van der Waals surface area contributed by atoms with Gasteiger partial charge in [-0.25, -0.2) is 4.79 Å². The van der Waals surface area contributed by atoms with E-state index in [-0.39, 0.29) is 29.2 Å². The summed E-state index contributed by atoms with van der Waals surface area (Å²) >= 11 is 0. The fourth-order valence-corrected chi connectivity index (χ4v) is 1.79. The zero-order valence-electron chi connectivity index (χ0n) is 13.0. The zero-order chi connectivity index (χ0) is 16.3. The molecule has 2 rings (SSSR count). The number of carbonyl (C=O) groups is 1. The van der Waals surface area contributed by atoms with Crippen LogP contribution in [0.2, 0.25) is 0 Å². The lowest BCUT2D eigenvalue weighted by Crippen LogP contribution is -2.11. The van der Waals surface area contributed by atoms with Crippen LogP contribution < -0.4 is 5.73 Å². The average Bonchev–Trinajstić information content (AvgIpc) is 3.02. The average molecular weight is 305 g/mol. The van der Waals surface area contributed by atoms with Crippen LogP contribution in [0, 0.1) is 0 Å². The maximum atomic E-state index is 11.8. The predicted molar refractivity (Wildman–Crippen MR) is 80.4 cm³/mol. The van der Waals surface area contributed by atoms with Crippen LogP contribution in [0.25, 0.3) is 0 Å². The molecule has 0 aliphatic carbocycles. The summed E-state index contributed by atoms with van der Waals surface area (Å²) in [5.41, 5.74) is 6.99. The Morgan fingerprint density at radius 1 is 1.36 bits per heavy atom. The van der Waals surface area contributed by atoms with Gasteiger partial charge in [0, 0.05) is 5.41 Å². The van der Waals surface area contributed by atoms with Crippen LogP contribution in [0.5, 0.6) is 0 Å². The van der Waals surface area contributed by atoms with Gasteiger partial charge in [-0.3, -0.25) is 10.2 Å². The van der Waals surface area contributed by atoms with Crippen LogP contribution in [0.1, 0.15) is 43.7 Å². The van der Waals surface area contributed by atoms with Gasteiger partial charge >= 0.3 is 5.97 Å². The SMILES string of the molecule is CCOC(=O)c1cn[nH]c1N=Nc1c(N)n[nH]c1C(C)(C)C. The lowest BCUT2D eigenvalue weighted by molar-refractivity contribution is 0.0527. The van der Waals surface area contributed by atoms with Crippen molar-refractivity contribution in [3.63, 3.8) is 0 Å². The second-order valence-electron chi connectivity index (χ2n) is 5.64. The van der Waals surface area contributed by atoms with Crippen LogP contribution in [-0.2, 0) is 10.2 Å². The van der Waals surface area contributed by atoms with E-state index >= 15 is 0 Å². The maximum absolute atomic E-state index is 11.8. The van der Waals surface area contributed by atoms with Crippen molar-refractivity contribution < 1.29 is 9.53 Å². The number of H-pyrrole nitrogens is 2. The van der Waals surface area contributed by atoms with Crippen LogP contribution in [0.15, 0.2) is 16.4 Å². The summed E-state index contributed by atoms with van der Waals surface area (Å²) in [7, 11) is 0. The second-order valence-corrected chi connectivity index (χ2v) is 5.64. The molecule has 0 saturated carbocycles. The number of esters is 1. The fraction of sp³-hybridized carbons (Fsp3) is 0.462. The summed E-state index contributed by atoms with van der Waals surface area (Å²) in [5.74, 6) is -0.0637. The van der Waals surface area contributed by atoms with E-state index < -0.39 is 5.97 Å². The van der Waals surface area contributed by atoms with Crippen LogP contribution >= 0.6 is 0 Å². The smallest absolute Gasteiger partial charge is 0.343 e. The minimum atomic E-state index is -0.513. The first-order valence-electron chi connectivity index (χ1n) is 6.81. The number of nitrogen functional groups attached to an aromatic ring is 1. The van der Waals surface area contributed by atoms with E-state index in [4.69, 9.17) is 10.5 Å². The molecule has 0 spiro atoms. The van der Waals surface area contributed by atoms with E-state index in [0.717, 1.165) is 5.69 Å². The number of anilines is 1. The van der Waals surface area contributed by atoms with E-state index in [9.17, 15) is 4.79 Å². The van der Waals surface area contributed by atoms with E-state index in [1.165, 1.54) is 6.20 Å². The van der Waals surface area contributed by atoms with Gasteiger partial charge in [0.25, 0.3) is 0 Å². The Morgan fingerprint density at radius 2 is 2.09 bits per heavy atom. The molecular weight excluding hydrogens is 286 g/mol. The van der Waals surface area contributed by atoms with Crippen LogP contribution in [-0.4, -0.2) is 33.0 Å². The Kier molecular flexibility index (Phi) is 4.25. The topological polar surface area (TPSA) is 134 Å². The molecule has 0 aromatic carbocycles. The summed E-state index contributed by atoms with van der Waals surface area (Å²) in [6.07, 6.45) is 1.34. The quantitative estimate of drug-likeness (QED) is 0.589. The summed E-state index contributed by atoms with van der Waals surface area (Å²) in [5, 5.41) is 21.3. The molecule has 2 aromatic rings. The Hall–Kier alpha value is -2.71. The fourth-order valence-electron chi connectivity index (χ4n) is 1.79. The van der Waals surface area contributed by atoms with Gasteiger partial charge in [0.15, 0.2) is 17.3 Å². The highest BCUT2D eigenvalue weighted by molar-refractivity contribution is 5.93. The molecule has 0 amide bonds. The number of aromatic amines is 2. The Bertz CT molecular complexity index is 694. The number of nitrogens with zero attached hydrogens (tertiary/aromatic N) is 4. The third kappa shape index (κ3) is 3.13. The molecule has 0 aliphatic heterocycles. The molecule has 0 aliphatic rings. The molecule has 0 bridgehead atoms. The molecule has 0 atom stereocenters. The molecule has 0 saturated heterocycles. The molecule has 9 nitrogen and oxygen atoms in total. The van der Waals surface area contributed by atoms with Crippen molar-refractivity contribution in [3.8, 4) is 0 Å². The first-order valence-corrected chi connectivity index (χ1v) is 6.81. The van der Waals surface area contributed by atoms with Gasteiger partial charge in [0.05, 0.1) is 18.5 Å².